The largest absolute Gasteiger partial charge is 0.493 e. The Bertz CT molecular complexity index is 947. The summed E-state index contributed by atoms with van der Waals surface area (Å²) in [4.78, 5) is 15.6. The van der Waals surface area contributed by atoms with Gasteiger partial charge < -0.3 is 15.4 Å². The lowest BCUT2D eigenvalue weighted by molar-refractivity contribution is 0.437. The average Bonchev–Trinajstić information content (AvgIpc) is 3.26. The summed E-state index contributed by atoms with van der Waals surface area (Å²) < 4.78 is 1.33. The van der Waals surface area contributed by atoms with Gasteiger partial charge in [-0.2, -0.15) is 9.50 Å². The van der Waals surface area contributed by atoms with Crippen molar-refractivity contribution in [2.45, 2.75) is 6.42 Å². The molecule has 24 heavy (non-hydrogen) atoms. The number of nitrogens with one attached hydrogen (secondary N) is 2. The van der Waals surface area contributed by atoms with Crippen molar-refractivity contribution < 1.29 is 5.11 Å². The number of benzene rings is 1. The molecule has 0 saturated heterocycles. The smallest absolute Gasteiger partial charge is 0.257 e. The summed E-state index contributed by atoms with van der Waals surface area (Å²) in [6, 6.07) is 9.54. The van der Waals surface area contributed by atoms with E-state index in [0.29, 0.717) is 23.8 Å². The van der Waals surface area contributed by atoms with Crippen molar-refractivity contribution in [2.75, 3.05) is 11.9 Å². The maximum absolute atomic E-state index is 10.5. The van der Waals surface area contributed by atoms with Crippen LogP contribution in [0.5, 0.6) is 5.88 Å². The number of imidazole rings is 1. The SMILES string of the molecule is Oc1c(-c2ccccc2)cnc2nc(NCCc3c[nH]cn3)nn12. The van der Waals surface area contributed by atoms with Crippen LogP contribution in [0.3, 0.4) is 0 Å². The first-order chi connectivity index (χ1) is 11.8. The molecule has 0 spiro atoms. The second kappa shape index (κ2) is 5.99. The van der Waals surface area contributed by atoms with E-state index in [2.05, 4.69) is 30.4 Å². The number of rotatable bonds is 5. The summed E-state index contributed by atoms with van der Waals surface area (Å²) in [5.74, 6) is 0.770. The van der Waals surface area contributed by atoms with Crippen molar-refractivity contribution in [3.8, 4) is 17.0 Å². The molecule has 0 aliphatic rings. The number of fused-ring (bicyclic) bond motifs is 1. The van der Waals surface area contributed by atoms with E-state index in [9.17, 15) is 5.11 Å². The number of aromatic nitrogens is 6. The molecule has 0 radical (unpaired) electrons. The predicted octanol–water partition coefficient (Wildman–Crippen LogP) is 1.87. The lowest BCUT2D eigenvalue weighted by atomic mass is 10.1. The topological polar surface area (TPSA) is 104 Å². The summed E-state index contributed by atoms with van der Waals surface area (Å²) in [6.45, 7) is 0.633. The molecular formula is C16H15N7O. The number of aromatic hydroxyl groups is 1. The molecule has 0 fully saturated rings. The molecular weight excluding hydrogens is 306 g/mol. The van der Waals surface area contributed by atoms with Gasteiger partial charge in [-0.25, -0.2) is 9.97 Å². The second-order valence-corrected chi connectivity index (χ2v) is 5.25. The molecule has 0 amide bonds. The maximum Gasteiger partial charge on any atom is 0.257 e. The molecule has 0 unspecified atom stereocenters. The van der Waals surface area contributed by atoms with E-state index in [-0.39, 0.29) is 5.88 Å². The lowest BCUT2D eigenvalue weighted by Crippen LogP contribution is -2.06. The lowest BCUT2D eigenvalue weighted by Gasteiger charge is -2.04. The molecule has 4 aromatic rings. The first kappa shape index (κ1) is 14.2. The molecule has 0 aliphatic heterocycles. The van der Waals surface area contributed by atoms with Crippen LogP contribution in [0.15, 0.2) is 49.1 Å². The van der Waals surface area contributed by atoms with Gasteiger partial charge in [-0.1, -0.05) is 30.3 Å². The van der Waals surface area contributed by atoms with E-state index in [1.165, 1.54) is 4.52 Å². The maximum atomic E-state index is 10.5. The fraction of sp³-hybridized carbons (Fsp3) is 0.125. The van der Waals surface area contributed by atoms with Crippen LogP contribution in [-0.2, 0) is 6.42 Å². The fourth-order valence-corrected chi connectivity index (χ4v) is 2.45. The highest BCUT2D eigenvalue weighted by atomic mass is 16.3. The van der Waals surface area contributed by atoms with E-state index in [4.69, 9.17) is 0 Å². The highest BCUT2D eigenvalue weighted by Gasteiger charge is 2.13. The van der Waals surface area contributed by atoms with E-state index in [0.717, 1.165) is 17.7 Å². The number of nitrogens with zero attached hydrogens (tertiary/aromatic N) is 5. The van der Waals surface area contributed by atoms with E-state index in [1.54, 1.807) is 12.5 Å². The Hall–Kier alpha value is -3.42. The molecule has 0 saturated carbocycles. The van der Waals surface area contributed by atoms with Gasteiger partial charge in [0, 0.05) is 25.4 Å². The third-order valence-electron chi connectivity index (χ3n) is 3.64. The van der Waals surface area contributed by atoms with Crippen LogP contribution in [-0.4, -0.2) is 41.2 Å². The minimum atomic E-state index is 0.0130. The van der Waals surface area contributed by atoms with Crippen LogP contribution in [0.4, 0.5) is 5.95 Å². The highest BCUT2D eigenvalue weighted by Crippen LogP contribution is 2.28. The normalized spacial score (nSPS) is 11.0. The van der Waals surface area contributed by atoms with Crippen molar-refractivity contribution in [2.24, 2.45) is 0 Å². The van der Waals surface area contributed by atoms with E-state index >= 15 is 0 Å². The van der Waals surface area contributed by atoms with E-state index in [1.807, 2.05) is 36.5 Å². The summed E-state index contributed by atoms with van der Waals surface area (Å²) in [6.07, 6.45) is 5.83. The molecule has 0 atom stereocenters. The summed E-state index contributed by atoms with van der Waals surface area (Å²) >= 11 is 0. The van der Waals surface area contributed by atoms with Crippen LogP contribution in [0.25, 0.3) is 16.9 Å². The van der Waals surface area contributed by atoms with Gasteiger partial charge in [-0.3, -0.25) is 0 Å². The van der Waals surface area contributed by atoms with Crippen molar-refractivity contribution in [1.29, 1.82) is 0 Å². The van der Waals surface area contributed by atoms with Crippen molar-refractivity contribution in [3.63, 3.8) is 0 Å². The molecule has 0 bridgehead atoms. The van der Waals surface area contributed by atoms with Gasteiger partial charge in [0.25, 0.3) is 5.78 Å². The Kier molecular flexibility index (Phi) is 3.54. The Labute approximate surface area is 137 Å². The average molecular weight is 321 g/mol. The quantitative estimate of drug-likeness (QED) is 0.518. The molecule has 1 aromatic carbocycles. The number of anilines is 1. The fourth-order valence-electron chi connectivity index (χ4n) is 2.45. The van der Waals surface area contributed by atoms with Crippen molar-refractivity contribution >= 4 is 11.7 Å². The predicted molar refractivity (Wildman–Crippen MR) is 88.7 cm³/mol. The van der Waals surface area contributed by atoms with Crippen LogP contribution in [0, 0.1) is 0 Å². The van der Waals surface area contributed by atoms with Crippen molar-refractivity contribution in [3.05, 3.63) is 54.7 Å². The number of aromatic amines is 1. The molecule has 4 rings (SSSR count). The van der Waals surface area contributed by atoms with Crippen LogP contribution in [0.2, 0.25) is 0 Å². The van der Waals surface area contributed by atoms with Crippen LogP contribution >= 0.6 is 0 Å². The zero-order valence-corrected chi connectivity index (χ0v) is 12.7. The van der Waals surface area contributed by atoms with Gasteiger partial charge in [0.1, 0.15) is 0 Å². The first-order valence-electron chi connectivity index (χ1n) is 7.53. The minimum Gasteiger partial charge on any atom is -0.493 e. The summed E-state index contributed by atoms with van der Waals surface area (Å²) in [5.41, 5.74) is 2.43. The van der Waals surface area contributed by atoms with E-state index < -0.39 is 0 Å². The number of hydrogen-bond acceptors (Lipinski definition) is 6. The molecule has 8 heteroatoms. The van der Waals surface area contributed by atoms with Gasteiger partial charge in [0.15, 0.2) is 0 Å². The van der Waals surface area contributed by atoms with Crippen LogP contribution < -0.4 is 5.32 Å². The molecule has 3 N–H and O–H groups in total. The van der Waals surface area contributed by atoms with Crippen LogP contribution in [0.1, 0.15) is 5.69 Å². The Morgan fingerprint density at radius 1 is 1.17 bits per heavy atom. The standard InChI is InChI=1S/C16H15N7O/c24-14-13(11-4-2-1-3-5-11)9-19-16-21-15(22-23(14)16)18-7-6-12-8-17-10-20-12/h1-5,8-10,24H,6-7H2,(H,17,20)(H,18,22). The monoisotopic (exact) mass is 321 g/mol. The summed E-state index contributed by atoms with van der Waals surface area (Å²) in [5, 5.41) is 17.9. The first-order valence-corrected chi connectivity index (χ1v) is 7.53. The minimum absolute atomic E-state index is 0.0130. The molecule has 8 nitrogen and oxygen atoms in total. The third kappa shape index (κ3) is 2.65. The Morgan fingerprint density at radius 3 is 2.83 bits per heavy atom. The number of H-pyrrole nitrogens is 1. The zero-order chi connectivity index (χ0) is 16.4. The van der Waals surface area contributed by atoms with Gasteiger partial charge in [0.2, 0.25) is 11.8 Å². The Morgan fingerprint density at radius 2 is 2.04 bits per heavy atom. The summed E-state index contributed by atoms with van der Waals surface area (Å²) in [7, 11) is 0. The molecule has 3 aromatic heterocycles. The Balaban J connectivity index is 1.58. The van der Waals surface area contributed by atoms with Gasteiger partial charge in [-0.05, 0) is 5.56 Å². The second-order valence-electron chi connectivity index (χ2n) is 5.25. The highest BCUT2D eigenvalue weighted by molar-refractivity contribution is 5.68. The molecule has 0 aliphatic carbocycles. The number of hydrogen-bond donors (Lipinski definition) is 3. The van der Waals surface area contributed by atoms with Gasteiger partial charge in [0.05, 0.1) is 17.6 Å². The van der Waals surface area contributed by atoms with Gasteiger partial charge in [-0.15, -0.1) is 5.10 Å². The molecule has 3 heterocycles. The zero-order valence-electron chi connectivity index (χ0n) is 12.7. The van der Waals surface area contributed by atoms with Crippen molar-refractivity contribution in [1.82, 2.24) is 29.5 Å². The third-order valence-corrected chi connectivity index (χ3v) is 3.64. The molecule has 120 valence electrons. The van der Waals surface area contributed by atoms with Gasteiger partial charge >= 0.3 is 0 Å².